The van der Waals surface area contributed by atoms with E-state index in [1.54, 1.807) is 0 Å². The van der Waals surface area contributed by atoms with Crippen LogP contribution >= 0.6 is 11.6 Å². The first-order valence-electron chi connectivity index (χ1n) is 13.5. The van der Waals surface area contributed by atoms with Crippen molar-refractivity contribution in [2.75, 3.05) is 0 Å². The number of rotatable bonds is 4. The quantitative estimate of drug-likeness (QED) is 0.417. The van der Waals surface area contributed by atoms with Crippen molar-refractivity contribution in [3.8, 4) is 0 Å². The summed E-state index contributed by atoms with van der Waals surface area (Å²) in [6.07, 6.45) is 8.04. The number of allylic oxidation sites excluding steroid dienone is 1. The molecule has 33 heavy (non-hydrogen) atoms. The molecule has 2 N–H and O–H groups in total. The number of aliphatic hydroxyl groups is 2. The Morgan fingerprint density at radius 1 is 1.12 bits per heavy atom. The molecule has 11 unspecified atom stereocenters. The van der Waals surface area contributed by atoms with E-state index in [-0.39, 0.29) is 52.1 Å². The van der Waals surface area contributed by atoms with E-state index in [0.717, 1.165) is 57.8 Å². The van der Waals surface area contributed by atoms with E-state index in [1.165, 1.54) is 5.57 Å². The number of fused-ring (bicyclic) bond motifs is 3. The third-order valence-corrected chi connectivity index (χ3v) is 12.4. The highest BCUT2D eigenvalue weighted by molar-refractivity contribution is 6.21. The van der Waals surface area contributed by atoms with Crippen molar-refractivity contribution >= 4 is 11.6 Å². The van der Waals surface area contributed by atoms with Crippen LogP contribution in [0.15, 0.2) is 12.2 Å². The van der Waals surface area contributed by atoms with Crippen LogP contribution < -0.4 is 0 Å². The molecule has 4 aliphatic carbocycles. The molecule has 5 heteroatoms. The summed E-state index contributed by atoms with van der Waals surface area (Å²) >= 11 is 7.17. The number of aliphatic hydroxyl groups excluding tert-OH is 1. The lowest BCUT2D eigenvalue weighted by molar-refractivity contribution is -0.222. The third-order valence-electron chi connectivity index (χ3n) is 11.9. The molecule has 1 spiro atoms. The third kappa shape index (κ3) is 2.79. The molecule has 0 radical (unpaired) electrons. The molecule has 6 fully saturated rings. The van der Waals surface area contributed by atoms with Gasteiger partial charge in [-0.2, -0.15) is 0 Å². The maximum atomic E-state index is 12.7. The van der Waals surface area contributed by atoms with Gasteiger partial charge in [0.15, 0.2) is 6.29 Å². The van der Waals surface area contributed by atoms with Gasteiger partial charge < -0.3 is 19.7 Å². The van der Waals surface area contributed by atoms with Gasteiger partial charge in [0.25, 0.3) is 0 Å². The first-order chi connectivity index (χ1) is 15.5. The molecule has 2 aliphatic heterocycles. The zero-order valence-electron chi connectivity index (χ0n) is 20.9. The van der Waals surface area contributed by atoms with Crippen LogP contribution in [0.3, 0.4) is 0 Å². The van der Waals surface area contributed by atoms with Crippen molar-refractivity contribution < 1.29 is 19.7 Å². The molecule has 2 bridgehead atoms. The molecule has 0 aromatic carbocycles. The van der Waals surface area contributed by atoms with Crippen LogP contribution in [0, 0.1) is 40.4 Å². The molecular formula is C28H43ClO4. The molecule has 2 saturated heterocycles. The number of hydrogen-bond acceptors (Lipinski definition) is 4. The van der Waals surface area contributed by atoms with Crippen LogP contribution in [0.1, 0.15) is 85.5 Å². The van der Waals surface area contributed by atoms with E-state index in [9.17, 15) is 10.2 Å². The van der Waals surface area contributed by atoms with E-state index < -0.39 is 5.60 Å². The lowest BCUT2D eigenvalue weighted by Gasteiger charge is -2.65. The Balaban J connectivity index is 1.34. The number of hydrogen-bond donors (Lipinski definition) is 2. The number of ether oxygens (including phenoxy) is 2. The fourth-order valence-electron chi connectivity index (χ4n) is 10.0. The zero-order valence-corrected chi connectivity index (χ0v) is 21.6. The fraction of sp³-hybridized carbons (Fsp3) is 0.929. The Bertz CT molecular complexity index is 846. The summed E-state index contributed by atoms with van der Waals surface area (Å²) in [4.78, 5) is 0. The molecule has 6 rings (SSSR count). The summed E-state index contributed by atoms with van der Waals surface area (Å²) in [5, 5.41) is 22.7. The lowest BCUT2D eigenvalue weighted by Crippen LogP contribution is -2.69. The van der Waals surface area contributed by atoms with Gasteiger partial charge in [-0.15, -0.1) is 11.6 Å². The van der Waals surface area contributed by atoms with Crippen molar-refractivity contribution in [3.63, 3.8) is 0 Å². The summed E-state index contributed by atoms with van der Waals surface area (Å²) < 4.78 is 13.4. The number of halogens is 1. The Hall–Kier alpha value is -0.130. The first kappa shape index (κ1) is 23.3. The molecule has 2 heterocycles. The van der Waals surface area contributed by atoms with Gasteiger partial charge in [-0.3, -0.25) is 0 Å². The Morgan fingerprint density at radius 2 is 1.88 bits per heavy atom. The Morgan fingerprint density at radius 3 is 2.61 bits per heavy atom. The average molecular weight is 479 g/mol. The van der Waals surface area contributed by atoms with Gasteiger partial charge in [0, 0.05) is 17.3 Å². The number of alkyl halides is 1. The molecule has 0 amide bonds. The summed E-state index contributed by atoms with van der Waals surface area (Å²) in [6.45, 7) is 13.4. The highest BCUT2D eigenvalue weighted by Gasteiger charge is 2.82. The highest BCUT2D eigenvalue weighted by atomic mass is 35.5. The molecule has 0 aromatic heterocycles. The summed E-state index contributed by atoms with van der Waals surface area (Å²) in [5.41, 5.74) is 0.0674. The molecule has 186 valence electrons. The summed E-state index contributed by atoms with van der Waals surface area (Å²) in [6, 6.07) is 0. The molecule has 0 aromatic rings. The van der Waals surface area contributed by atoms with E-state index in [1.807, 2.05) is 0 Å². The van der Waals surface area contributed by atoms with Crippen molar-refractivity contribution in [1.82, 2.24) is 0 Å². The van der Waals surface area contributed by atoms with E-state index in [0.29, 0.717) is 17.8 Å². The monoisotopic (exact) mass is 478 g/mol. The minimum Gasteiger partial charge on any atom is -0.393 e. The predicted molar refractivity (Wildman–Crippen MR) is 129 cm³/mol. The Labute approximate surface area is 204 Å². The second-order valence-corrected chi connectivity index (χ2v) is 14.0. The zero-order chi connectivity index (χ0) is 23.6. The van der Waals surface area contributed by atoms with Gasteiger partial charge >= 0.3 is 0 Å². The molecule has 4 saturated carbocycles. The minimum atomic E-state index is -0.919. The van der Waals surface area contributed by atoms with Gasteiger partial charge in [-0.25, -0.2) is 0 Å². The first-order valence-corrected chi connectivity index (χ1v) is 14.0. The molecule has 4 nitrogen and oxygen atoms in total. The minimum absolute atomic E-state index is 0.0403. The van der Waals surface area contributed by atoms with Gasteiger partial charge in [-0.1, -0.05) is 32.9 Å². The SMILES string of the molecule is C=C(CCC1(C)OC2OC3CC1C21CCC2C(O)(C(Cl)C[C@H]4CC(O)CCC24C)C31)C(C)C. The smallest absolute Gasteiger partial charge is 0.165 e. The highest BCUT2D eigenvalue weighted by Crippen LogP contribution is 2.77. The van der Waals surface area contributed by atoms with Crippen LogP contribution in [-0.4, -0.2) is 45.3 Å². The van der Waals surface area contributed by atoms with Crippen LogP contribution in [0.2, 0.25) is 0 Å². The average Bonchev–Trinajstić information content (AvgIpc) is 3.28. The van der Waals surface area contributed by atoms with Crippen molar-refractivity contribution in [2.45, 2.75) is 121 Å². The van der Waals surface area contributed by atoms with Gasteiger partial charge in [0.05, 0.1) is 28.8 Å². The van der Waals surface area contributed by atoms with Crippen molar-refractivity contribution in [1.29, 1.82) is 0 Å². The largest absolute Gasteiger partial charge is 0.393 e. The molecule has 12 atom stereocenters. The second kappa shape index (κ2) is 7.22. The van der Waals surface area contributed by atoms with Crippen molar-refractivity contribution in [3.05, 3.63) is 12.2 Å². The maximum absolute atomic E-state index is 12.7. The topological polar surface area (TPSA) is 58.9 Å². The van der Waals surface area contributed by atoms with E-state index in [2.05, 4.69) is 34.3 Å². The standard InChI is InChI=1S/C28H43ClO4/c1-15(2)16(3)6-10-26(5)21-14-19-23-27(21,24(32-19)33-26)11-8-20-25(4)9-7-18(30)12-17(25)13-22(29)28(20,23)31/h15,17-24,30-31H,3,6-14H2,1-2,4-5H3/t17-,18?,19?,20?,21?,22?,23?,24?,25?,26?,27?,28?/m1/s1. The van der Waals surface area contributed by atoms with Gasteiger partial charge in [0.1, 0.15) is 0 Å². The second-order valence-electron chi connectivity index (χ2n) is 13.4. The van der Waals surface area contributed by atoms with Crippen LogP contribution in [0.4, 0.5) is 0 Å². The van der Waals surface area contributed by atoms with E-state index >= 15 is 0 Å². The van der Waals surface area contributed by atoms with Crippen LogP contribution in [0.25, 0.3) is 0 Å². The van der Waals surface area contributed by atoms with Crippen LogP contribution in [-0.2, 0) is 9.47 Å². The Kier molecular flexibility index (Phi) is 5.09. The lowest BCUT2D eigenvalue weighted by atomic mass is 9.42. The van der Waals surface area contributed by atoms with Gasteiger partial charge in [-0.05, 0) is 87.9 Å². The summed E-state index contributed by atoms with van der Waals surface area (Å²) in [5.74, 6) is 1.52. The van der Waals surface area contributed by atoms with E-state index in [4.69, 9.17) is 21.1 Å². The molecular weight excluding hydrogens is 436 g/mol. The predicted octanol–water partition coefficient (Wildman–Crippen LogP) is 5.43. The van der Waals surface area contributed by atoms with Crippen LogP contribution in [0.5, 0.6) is 0 Å². The summed E-state index contributed by atoms with van der Waals surface area (Å²) in [7, 11) is 0. The normalized spacial score (nSPS) is 58.8. The van der Waals surface area contributed by atoms with Gasteiger partial charge in [0.2, 0.25) is 0 Å². The maximum Gasteiger partial charge on any atom is 0.165 e. The van der Waals surface area contributed by atoms with Crippen molar-refractivity contribution in [2.24, 2.45) is 40.4 Å². The molecule has 6 aliphatic rings. The fourth-order valence-corrected chi connectivity index (χ4v) is 10.5.